The molecule has 1 aromatic rings. The number of rotatable bonds is 6. The van der Waals surface area contributed by atoms with Gasteiger partial charge in [-0.1, -0.05) is 30.3 Å². The van der Waals surface area contributed by atoms with Crippen LogP contribution >= 0.6 is 12.6 Å². The van der Waals surface area contributed by atoms with Gasteiger partial charge in [-0.2, -0.15) is 12.6 Å². The van der Waals surface area contributed by atoms with Crippen LogP contribution < -0.4 is 4.90 Å². The highest BCUT2D eigenvalue weighted by Gasteiger charge is 2.17. The lowest BCUT2D eigenvalue weighted by Gasteiger charge is -2.25. The summed E-state index contributed by atoms with van der Waals surface area (Å²) in [6.07, 6.45) is 0. The van der Waals surface area contributed by atoms with Gasteiger partial charge < -0.3 is 14.4 Å². The van der Waals surface area contributed by atoms with Gasteiger partial charge in [-0.15, -0.1) is 0 Å². The molecule has 0 aliphatic carbocycles. The van der Waals surface area contributed by atoms with Crippen LogP contribution in [0.25, 0.3) is 0 Å². The zero-order valence-corrected chi connectivity index (χ0v) is 11.6. The zero-order chi connectivity index (χ0) is 12.6. The monoisotopic (exact) mass is 268 g/mol. The molecule has 1 unspecified atom stereocenters. The standard InChI is InChI=1S/C14H21NO2S/c18-14(10-15-6-8-16-9-7-15)12-17-11-13-4-2-1-3-5-13/h1-5,14,18H,6-12H2/p+1. The topological polar surface area (TPSA) is 22.9 Å². The van der Waals surface area contributed by atoms with E-state index < -0.39 is 0 Å². The molecule has 0 bridgehead atoms. The van der Waals surface area contributed by atoms with Gasteiger partial charge in [0, 0.05) is 0 Å². The third kappa shape index (κ3) is 4.98. The van der Waals surface area contributed by atoms with Gasteiger partial charge in [0.1, 0.15) is 13.1 Å². The molecule has 18 heavy (non-hydrogen) atoms. The minimum atomic E-state index is 0.307. The van der Waals surface area contributed by atoms with Crippen molar-refractivity contribution in [3.8, 4) is 0 Å². The van der Waals surface area contributed by atoms with Crippen LogP contribution in [0.3, 0.4) is 0 Å². The van der Waals surface area contributed by atoms with E-state index in [0.29, 0.717) is 18.5 Å². The van der Waals surface area contributed by atoms with Gasteiger partial charge in [0.25, 0.3) is 0 Å². The summed E-state index contributed by atoms with van der Waals surface area (Å²) in [6.45, 7) is 6.38. The largest absolute Gasteiger partial charge is 0.375 e. The summed E-state index contributed by atoms with van der Waals surface area (Å²) >= 11 is 4.60. The van der Waals surface area contributed by atoms with Gasteiger partial charge in [-0.05, 0) is 5.56 Å². The molecule has 4 heteroatoms. The first-order chi connectivity index (χ1) is 8.84. The van der Waals surface area contributed by atoms with Gasteiger partial charge in [-0.3, -0.25) is 0 Å². The number of morpholine rings is 1. The Hall–Kier alpha value is -0.550. The van der Waals surface area contributed by atoms with E-state index in [1.54, 1.807) is 4.90 Å². The van der Waals surface area contributed by atoms with Crippen molar-refractivity contribution in [2.75, 3.05) is 39.5 Å². The highest BCUT2D eigenvalue weighted by molar-refractivity contribution is 7.81. The van der Waals surface area contributed by atoms with Crippen LogP contribution in [0.2, 0.25) is 0 Å². The Labute approximate surface area is 114 Å². The number of quaternary nitrogens is 1. The minimum absolute atomic E-state index is 0.307. The van der Waals surface area contributed by atoms with Crippen LogP contribution in [0, 0.1) is 0 Å². The van der Waals surface area contributed by atoms with Crippen molar-refractivity contribution in [2.24, 2.45) is 0 Å². The average Bonchev–Trinajstić information content (AvgIpc) is 2.41. The van der Waals surface area contributed by atoms with Crippen LogP contribution in [0.5, 0.6) is 0 Å². The van der Waals surface area contributed by atoms with Crippen molar-refractivity contribution in [1.29, 1.82) is 0 Å². The fourth-order valence-electron chi connectivity index (χ4n) is 2.14. The summed E-state index contributed by atoms with van der Waals surface area (Å²) in [5.41, 5.74) is 1.22. The molecular formula is C14H22NO2S+. The maximum atomic E-state index is 5.70. The Balaban J connectivity index is 1.61. The van der Waals surface area contributed by atoms with Crippen LogP contribution in [0.4, 0.5) is 0 Å². The van der Waals surface area contributed by atoms with Gasteiger partial charge >= 0.3 is 0 Å². The van der Waals surface area contributed by atoms with Crippen LogP contribution in [0.15, 0.2) is 30.3 Å². The van der Waals surface area contributed by atoms with E-state index in [9.17, 15) is 0 Å². The van der Waals surface area contributed by atoms with Gasteiger partial charge in [-0.25, -0.2) is 0 Å². The molecule has 1 N–H and O–H groups in total. The molecule has 1 saturated heterocycles. The van der Waals surface area contributed by atoms with E-state index in [1.165, 1.54) is 5.56 Å². The van der Waals surface area contributed by atoms with E-state index in [-0.39, 0.29) is 0 Å². The number of hydrogen-bond donors (Lipinski definition) is 2. The summed E-state index contributed by atoms with van der Waals surface area (Å²) in [7, 11) is 0. The zero-order valence-electron chi connectivity index (χ0n) is 10.7. The maximum absolute atomic E-state index is 5.70. The fourth-order valence-corrected chi connectivity index (χ4v) is 2.51. The Morgan fingerprint density at radius 2 is 1.94 bits per heavy atom. The van der Waals surface area contributed by atoms with Crippen molar-refractivity contribution < 1.29 is 14.4 Å². The molecule has 1 heterocycles. The molecule has 2 rings (SSSR count). The predicted molar refractivity (Wildman–Crippen MR) is 75.3 cm³/mol. The van der Waals surface area contributed by atoms with Crippen molar-refractivity contribution in [2.45, 2.75) is 11.9 Å². The van der Waals surface area contributed by atoms with E-state index in [4.69, 9.17) is 9.47 Å². The van der Waals surface area contributed by atoms with Gasteiger partial charge in [0.2, 0.25) is 0 Å². The SMILES string of the molecule is SC(COCc1ccccc1)C[NH+]1CCOCC1. The molecule has 1 aromatic carbocycles. The maximum Gasteiger partial charge on any atom is 0.101 e. The molecule has 3 nitrogen and oxygen atoms in total. The highest BCUT2D eigenvalue weighted by Crippen LogP contribution is 2.02. The first-order valence-electron chi connectivity index (χ1n) is 6.55. The van der Waals surface area contributed by atoms with Crippen LogP contribution in [0.1, 0.15) is 5.56 Å². The van der Waals surface area contributed by atoms with E-state index in [2.05, 4.69) is 24.8 Å². The summed E-state index contributed by atoms with van der Waals surface area (Å²) in [4.78, 5) is 1.57. The molecule has 0 amide bonds. The van der Waals surface area contributed by atoms with Crippen molar-refractivity contribution in [3.05, 3.63) is 35.9 Å². The molecule has 1 atom stereocenters. The third-order valence-electron chi connectivity index (χ3n) is 3.15. The van der Waals surface area contributed by atoms with Crippen LogP contribution in [-0.2, 0) is 16.1 Å². The van der Waals surface area contributed by atoms with Crippen LogP contribution in [-0.4, -0.2) is 44.7 Å². The van der Waals surface area contributed by atoms with Crippen molar-refractivity contribution in [1.82, 2.24) is 0 Å². The van der Waals surface area contributed by atoms with Gasteiger partial charge in [0.05, 0.1) is 38.2 Å². The Morgan fingerprint density at radius 3 is 2.67 bits per heavy atom. The first kappa shape index (κ1) is 13.9. The quantitative estimate of drug-likeness (QED) is 0.730. The average molecular weight is 268 g/mol. The molecule has 0 spiro atoms. The second-order valence-corrected chi connectivity index (χ2v) is 5.45. The Kier molecular flexibility index (Phi) is 6.00. The second-order valence-electron chi connectivity index (χ2n) is 4.72. The van der Waals surface area contributed by atoms with E-state index in [1.807, 2.05) is 18.2 Å². The van der Waals surface area contributed by atoms with Gasteiger partial charge in [0.15, 0.2) is 0 Å². The molecule has 1 fully saturated rings. The molecule has 0 aromatic heterocycles. The lowest BCUT2D eigenvalue weighted by Crippen LogP contribution is -3.15. The van der Waals surface area contributed by atoms with Crippen molar-refractivity contribution in [3.63, 3.8) is 0 Å². The lowest BCUT2D eigenvalue weighted by molar-refractivity contribution is -0.907. The smallest absolute Gasteiger partial charge is 0.101 e. The summed E-state index contributed by atoms with van der Waals surface area (Å²) in [5, 5.41) is 0.307. The van der Waals surface area contributed by atoms with E-state index >= 15 is 0 Å². The predicted octanol–water partition coefficient (Wildman–Crippen LogP) is 0.417. The molecular weight excluding hydrogens is 246 g/mol. The lowest BCUT2D eigenvalue weighted by atomic mass is 10.2. The molecule has 0 saturated carbocycles. The van der Waals surface area contributed by atoms with E-state index in [0.717, 1.165) is 32.8 Å². The number of hydrogen-bond acceptors (Lipinski definition) is 3. The number of thiol groups is 1. The summed E-state index contributed by atoms with van der Waals surface area (Å²) in [6, 6.07) is 10.3. The van der Waals surface area contributed by atoms with Crippen molar-refractivity contribution >= 4 is 12.6 Å². The first-order valence-corrected chi connectivity index (χ1v) is 7.07. The molecule has 0 radical (unpaired) electrons. The highest BCUT2D eigenvalue weighted by atomic mass is 32.1. The normalized spacial score (nSPS) is 18.7. The molecule has 1 aliphatic heterocycles. The number of ether oxygens (including phenoxy) is 2. The molecule has 100 valence electrons. The second kappa shape index (κ2) is 7.79. The fraction of sp³-hybridized carbons (Fsp3) is 0.571. The minimum Gasteiger partial charge on any atom is -0.375 e. The number of nitrogens with one attached hydrogen (secondary N) is 1. The third-order valence-corrected chi connectivity index (χ3v) is 3.48. The molecule has 1 aliphatic rings. The Bertz CT molecular complexity index is 328. The summed E-state index contributed by atoms with van der Waals surface area (Å²) in [5.74, 6) is 0. The summed E-state index contributed by atoms with van der Waals surface area (Å²) < 4.78 is 11.0. The Morgan fingerprint density at radius 1 is 1.22 bits per heavy atom. The number of benzene rings is 1.